The highest BCUT2D eigenvalue weighted by molar-refractivity contribution is 9.10. The molecule has 0 unspecified atom stereocenters. The third kappa shape index (κ3) is 3.87. The van der Waals surface area contributed by atoms with E-state index in [-0.39, 0.29) is 17.1 Å². The molecule has 0 fully saturated rings. The van der Waals surface area contributed by atoms with Gasteiger partial charge in [-0.15, -0.1) is 0 Å². The van der Waals surface area contributed by atoms with Crippen molar-refractivity contribution in [1.29, 1.82) is 0 Å². The maximum atomic E-state index is 12.0. The molecule has 0 aliphatic rings. The van der Waals surface area contributed by atoms with Crippen molar-refractivity contribution < 1.29 is 13.5 Å². The van der Waals surface area contributed by atoms with Crippen molar-refractivity contribution in [1.82, 2.24) is 0 Å². The van der Waals surface area contributed by atoms with Crippen LogP contribution in [0.15, 0.2) is 46.9 Å². The zero-order chi connectivity index (χ0) is 15.5. The lowest BCUT2D eigenvalue weighted by molar-refractivity contribution is 0.478. The fraction of sp³-hybridized carbons (Fsp3) is 0. The van der Waals surface area contributed by atoms with Gasteiger partial charge in [-0.2, -0.15) is 8.42 Å². The molecule has 0 bridgehead atoms. The molecule has 0 radical (unpaired) electrons. The van der Waals surface area contributed by atoms with Gasteiger partial charge in [-0.05, 0) is 40.2 Å². The minimum Gasteiger partial charge on any atom is -0.507 e. The van der Waals surface area contributed by atoms with Crippen molar-refractivity contribution in [3.8, 4) is 5.75 Å². The van der Waals surface area contributed by atoms with E-state index < -0.39 is 10.2 Å². The summed E-state index contributed by atoms with van der Waals surface area (Å²) in [4.78, 5) is 3.14. The van der Waals surface area contributed by atoms with E-state index in [0.717, 1.165) is 0 Å². The fourth-order valence-electron chi connectivity index (χ4n) is 1.53. The average Bonchev–Trinajstić information content (AvgIpc) is 2.43. The van der Waals surface area contributed by atoms with E-state index in [1.54, 1.807) is 24.3 Å². The van der Waals surface area contributed by atoms with Crippen molar-refractivity contribution in [2.75, 3.05) is 9.44 Å². The van der Waals surface area contributed by atoms with Gasteiger partial charge in [0.05, 0.1) is 17.9 Å². The molecule has 0 amide bonds. The number of benzene rings is 2. The molecule has 0 aliphatic heterocycles. The lowest BCUT2D eigenvalue weighted by Crippen LogP contribution is -2.21. The molecule has 108 valence electrons. The Morgan fingerprint density at radius 3 is 2.38 bits per heavy atom. The van der Waals surface area contributed by atoms with Crippen molar-refractivity contribution in [3.05, 3.63) is 58.4 Å². The average molecular weight is 368 g/mol. The van der Waals surface area contributed by atoms with Crippen LogP contribution in [0.4, 0.5) is 17.1 Å². The number of phenols is 1. The first-order valence-corrected chi connectivity index (χ1v) is 7.94. The van der Waals surface area contributed by atoms with Crippen LogP contribution < -0.4 is 9.44 Å². The second kappa shape index (κ2) is 6.03. The monoisotopic (exact) mass is 367 g/mol. The first-order chi connectivity index (χ1) is 9.91. The number of rotatable bonds is 4. The van der Waals surface area contributed by atoms with Crippen LogP contribution in [0.2, 0.25) is 0 Å². The predicted molar refractivity (Wildman–Crippen MR) is 84.7 cm³/mol. The largest absolute Gasteiger partial charge is 0.507 e. The molecule has 2 aromatic rings. The van der Waals surface area contributed by atoms with Crippen molar-refractivity contribution in [2.24, 2.45) is 0 Å². The lowest BCUT2D eigenvalue weighted by atomic mass is 10.3. The summed E-state index contributed by atoms with van der Waals surface area (Å²) in [5, 5.41) is 9.70. The van der Waals surface area contributed by atoms with Crippen LogP contribution in [0.25, 0.3) is 4.85 Å². The highest BCUT2D eigenvalue weighted by atomic mass is 79.9. The maximum Gasteiger partial charge on any atom is 0.321 e. The van der Waals surface area contributed by atoms with Gasteiger partial charge in [0.1, 0.15) is 5.75 Å². The van der Waals surface area contributed by atoms with Crippen LogP contribution in [-0.2, 0) is 10.2 Å². The van der Waals surface area contributed by atoms with Gasteiger partial charge in [0, 0.05) is 4.47 Å². The molecule has 0 heterocycles. The fourth-order valence-corrected chi connectivity index (χ4v) is 3.03. The van der Waals surface area contributed by atoms with E-state index in [2.05, 4.69) is 30.2 Å². The molecule has 6 nitrogen and oxygen atoms in total. The van der Waals surface area contributed by atoms with Crippen LogP contribution in [0.1, 0.15) is 0 Å². The van der Waals surface area contributed by atoms with E-state index >= 15 is 0 Å². The summed E-state index contributed by atoms with van der Waals surface area (Å²) in [6.07, 6.45) is 0. The van der Waals surface area contributed by atoms with Gasteiger partial charge in [0.25, 0.3) is 0 Å². The summed E-state index contributed by atoms with van der Waals surface area (Å²) in [5.41, 5.74) is 0.568. The Balaban J connectivity index is 2.23. The van der Waals surface area contributed by atoms with Gasteiger partial charge in [-0.1, -0.05) is 18.2 Å². The molecule has 8 heteroatoms. The minimum atomic E-state index is -3.92. The first kappa shape index (κ1) is 15.2. The number of hydrogen-bond donors (Lipinski definition) is 3. The smallest absolute Gasteiger partial charge is 0.321 e. The van der Waals surface area contributed by atoms with Crippen molar-refractivity contribution >= 4 is 43.2 Å². The van der Waals surface area contributed by atoms with Crippen LogP contribution >= 0.6 is 15.9 Å². The van der Waals surface area contributed by atoms with Gasteiger partial charge in [0.2, 0.25) is 0 Å². The highest BCUT2D eigenvalue weighted by Crippen LogP contribution is 2.29. The van der Waals surface area contributed by atoms with Crippen molar-refractivity contribution in [2.45, 2.75) is 0 Å². The molecular formula is C13H10BrN3O3S. The molecule has 21 heavy (non-hydrogen) atoms. The lowest BCUT2D eigenvalue weighted by Gasteiger charge is -2.12. The highest BCUT2D eigenvalue weighted by Gasteiger charge is 2.14. The molecule has 3 N–H and O–H groups in total. The van der Waals surface area contributed by atoms with Crippen molar-refractivity contribution in [3.63, 3.8) is 0 Å². The normalized spacial score (nSPS) is 10.7. The van der Waals surface area contributed by atoms with Gasteiger partial charge in [-0.3, -0.25) is 9.44 Å². The predicted octanol–water partition coefficient (Wildman–Crippen LogP) is 3.47. The van der Waals surface area contributed by atoms with Gasteiger partial charge >= 0.3 is 10.2 Å². The Bertz CT molecular complexity index is 816. The molecule has 0 aromatic heterocycles. The van der Waals surface area contributed by atoms with Crippen LogP contribution in [0, 0.1) is 6.57 Å². The summed E-state index contributed by atoms with van der Waals surface area (Å²) < 4.78 is 29.1. The molecule has 2 aromatic carbocycles. The number of anilines is 2. The molecule has 0 saturated carbocycles. The molecule has 0 saturated heterocycles. The van der Waals surface area contributed by atoms with Crippen LogP contribution in [-0.4, -0.2) is 13.5 Å². The van der Waals surface area contributed by atoms with E-state index in [1.807, 2.05) is 0 Å². The Kier molecular flexibility index (Phi) is 4.35. The van der Waals surface area contributed by atoms with E-state index in [4.69, 9.17) is 6.57 Å². The number of para-hydroxylation sites is 1. The number of nitrogens with zero attached hydrogens (tertiary/aromatic N) is 1. The number of nitrogens with one attached hydrogen (secondary N) is 2. The molecular weight excluding hydrogens is 358 g/mol. The summed E-state index contributed by atoms with van der Waals surface area (Å²) in [6.45, 7) is 6.82. The third-order valence-corrected chi connectivity index (χ3v) is 4.14. The molecule has 0 atom stereocenters. The third-order valence-electron chi connectivity index (χ3n) is 2.47. The quantitative estimate of drug-likeness (QED) is 0.571. The number of hydrogen-bond acceptors (Lipinski definition) is 3. The molecule has 0 spiro atoms. The van der Waals surface area contributed by atoms with Gasteiger partial charge in [-0.25, -0.2) is 4.85 Å². The minimum absolute atomic E-state index is 0.0121. The number of aromatic hydroxyl groups is 1. The summed E-state index contributed by atoms with van der Waals surface area (Å²) in [7, 11) is -3.92. The Morgan fingerprint density at radius 1 is 1.10 bits per heavy atom. The summed E-state index contributed by atoms with van der Waals surface area (Å²) >= 11 is 3.23. The molecule has 2 rings (SSSR count). The van der Waals surface area contributed by atoms with E-state index in [0.29, 0.717) is 10.2 Å². The van der Waals surface area contributed by atoms with Gasteiger partial charge in [0.15, 0.2) is 5.69 Å². The SMILES string of the molecule is [C-]#[N+]c1ccc(NS(=O)(=O)Nc2ccccc2Br)c(O)c1. The van der Waals surface area contributed by atoms with Gasteiger partial charge < -0.3 is 5.11 Å². The van der Waals surface area contributed by atoms with E-state index in [9.17, 15) is 13.5 Å². The molecule has 0 aliphatic carbocycles. The zero-order valence-electron chi connectivity index (χ0n) is 10.5. The zero-order valence-corrected chi connectivity index (χ0v) is 12.9. The topological polar surface area (TPSA) is 82.8 Å². The van der Waals surface area contributed by atoms with Crippen LogP contribution in [0.3, 0.4) is 0 Å². The summed E-state index contributed by atoms with van der Waals surface area (Å²) in [6, 6.07) is 10.6. The Labute approximate surface area is 130 Å². The van der Waals surface area contributed by atoms with Crippen LogP contribution in [0.5, 0.6) is 5.75 Å². The summed E-state index contributed by atoms with van der Waals surface area (Å²) in [5.74, 6) is -0.319. The first-order valence-electron chi connectivity index (χ1n) is 5.67. The maximum absolute atomic E-state index is 12.0. The van der Waals surface area contributed by atoms with E-state index in [1.165, 1.54) is 18.2 Å². The Morgan fingerprint density at radius 2 is 1.76 bits per heavy atom. The Hall–Kier alpha value is -2.24. The second-order valence-corrected chi connectivity index (χ2v) is 6.27. The second-order valence-electron chi connectivity index (χ2n) is 4.00. The number of halogens is 1. The standard InChI is InChI=1S/C13H10BrN3O3S/c1-15-9-6-7-12(13(18)8-9)17-21(19,20)16-11-5-3-2-4-10(11)14/h2-8,16-18H. The number of phenolic OH excluding ortho intramolecular Hbond substituents is 1.